The second-order valence-electron chi connectivity index (χ2n) is 2.98. The van der Waals surface area contributed by atoms with Crippen molar-refractivity contribution in [3.05, 3.63) is 28.6 Å². The van der Waals surface area contributed by atoms with Crippen LogP contribution in [0.15, 0.2) is 28.0 Å². The molecule has 0 saturated heterocycles. The molecule has 2 nitrogen and oxygen atoms in total. The van der Waals surface area contributed by atoms with Gasteiger partial charge in [-0.05, 0) is 40.7 Å². The lowest BCUT2D eigenvalue weighted by molar-refractivity contribution is 0.872. The largest absolute Gasteiger partial charge is 0.304 e. The summed E-state index contributed by atoms with van der Waals surface area (Å²) in [5.41, 5.74) is 2.42. The van der Waals surface area contributed by atoms with Gasteiger partial charge < -0.3 is 4.40 Å². The number of aromatic nitrogens is 2. The SMILES string of the molecule is CCc1c(SC)ncc2ccc(Br)n12. The number of fused-ring (bicyclic) bond motifs is 1. The highest BCUT2D eigenvalue weighted by molar-refractivity contribution is 9.10. The van der Waals surface area contributed by atoms with Crippen LogP contribution in [0.4, 0.5) is 0 Å². The number of rotatable bonds is 2. The van der Waals surface area contributed by atoms with Crippen LogP contribution in [0.5, 0.6) is 0 Å². The van der Waals surface area contributed by atoms with Gasteiger partial charge in [-0.3, -0.25) is 0 Å². The molecule has 0 radical (unpaired) electrons. The predicted octanol–water partition coefficient (Wildman–Crippen LogP) is 3.38. The Balaban J connectivity index is 2.81. The third-order valence-electron chi connectivity index (χ3n) is 2.22. The summed E-state index contributed by atoms with van der Waals surface area (Å²) in [5, 5.41) is 1.11. The minimum atomic E-state index is 0.994. The van der Waals surface area contributed by atoms with Crippen LogP contribution in [-0.2, 0) is 6.42 Å². The quantitative estimate of drug-likeness (QED) is 0.779. The first-order valence-corrected chi connectivity index (χ1v) is 6.48. The standard InChI is InChI=1S/C10H11BrN2S/c1-3-8-10(14-2)12-6-7-4-5-9(11)13(7)8/h4-6H,3H2,1-2H3. The van der Waals surface area contributed by atoms with E-state index < -0.39 is 0 Å². The van der Waals surface area contributed by atoms with Crippen molar-refractivity contribution in [2.75, 3.05) is 6.26 Å². The summed E-state index contributed by atoms with van der Waals surface area (Å²) in [6, 6.07) is 4.13. The minimum absolute atomic E-state index is 0.994. The van der Waals surface area contributed by atoms with Gasteiger partial charge in [0.15, 0.2) is 0 Å². The van der Waals surface area contributed by atoms with Crippen molar-refractivity contribution in [1.29, 1.82) is 0 Å². The number of hydrogen-bond acceptors (Lipinski definition) is 2. The topological polar surface area (TPSA) is 17.3 Å². The lowest BCUT2D eigenvalue weighted by Crippen LogP contribution is -1.99. The maximum atomic E-state index is 4.43. The van der Waals surface area contributed by atoms with Gasteiger partial charge in [0.2, 0.25) is 0 Å². The average molecular weight is 271 g/mol. The molecule has 0 unspecified atom stereocenters. The summed E-state index contributed by atoms with van der Waals surface area (Å²) in [7, 11) is 0. The van der Waals surface area contributed by atoms with Gasteiger partial charge in [0.25, 0.3) is 0 Å². The van der Waals surface area contributed by atoms with Gasteiger partial charge in [0.1, 0.15) is 5.03 Å². The molecule has 0 aliphatic heterocycles. The highest BCUT2D eigenvalue weighted by Crippen LogP contribution is 2.24. The summed E-state index contributed by atoms with van der Waals surface area (Å²) in [5.74, 6) is 0. The van der Waals surface area contributed by atoms with E-state index >= 15 is 0 Å². The van der Waals surface area contributed by atoms with Crippen LogP contribution in [0.25, 0.3) is 5.52 Å². The highest BCUT2D eigenvalue weighted by Gasteiger charge is 2.08. The Morgan fingerprint density at radius 1 is 1.50 bits per heavy atom. The maximum absolute atomic E-state index is 4.43. The predicted molar refractivity (Wildman–Crippen MR) is 64.1 cm³/mol. The number of halogens is 1. The molecule has 2 rings (SSSR count). The van der Waals surface area contributed by atoms with Gasteiger partial charge in [-0.15, -0.1) is 11.8 Å². The zero-order chi connectivity index (χ0) is 10.1. The molecule has 0 N–H and O–H groups in total. The van der Waals surface area contributed by atoms with Crippen LogP contribution in [0.1, 0.15) is 12.6 Å². The molecule has 0 atom stereocenters. The van der Waals surface area contributed by atoms with Crippen LogP contribution in [0, 0.1) is 0 Å². The molecule has 0 bridgehead atoms. The lowest BCUT2D eigenvalue weighted by atomic mass is 10.3. The smallest absolute Gasteiger partial charge is 0.116 e. The molecule has 0 aromatic carbocycles. The first-order valence-electron chi connectivity index (χ1n) is 4.46. The van der Waals surface area contributed by atoms with Gasteiger partial charge in [-0.1, -0.05) is 6.92 Å². The van der Waals surface area contributed by atoms with E-state index in [9.17, 15) is 0 Å². The fourth-order valence-electron chi connectivity index (χ4n) is 1.59. The van der Waals surface area contributed by atoms with Gasteiger partial charge >= 0.3 is 0 Å². The Morgan fingerprint density at radius 3 is 2.93 bits per heavy atom. The highest BCUT2D eigenvalue weighted by atomic mass is 79.9. The van der Waals surface area contributed by atoms with E-state index in [2.05, 4.69) is 50.6 Å². The normalized spacial score (nSPS) is 11.1. The lowest BCUT2D eigenvalue weighted by Gasteiger charge is -2.08. The summed E-state index contributed by atoms with van der Waals surface area (Å²) < 4.78 is 3.31. The molecule has 74 valence electrons. The van der Waals surface area contributed by atoms with Gasteiger partial charge in [-0.25, -0.2) is 4.98 Å². The van der Waals surface area contributed by atoms with Crippen molar-refractivity contribution in [3.63, 3.8) is 0 Å². The Hall–Kier alpha value is -0.480. The van der Waals surface area contributed by atoms with Crippen LogP contribution in [0.2, 0.25) is 0 Å². The van der Waals surface area contributed by atoms with Crippen LogP contribution < -0.4 is 0 Å². The van der Waals surface area contributed by atoms with Crippen molar-refractivity contribution >= 4 is 33.2 Å². The second kappa shape index (κ2) is 3.95. The number of aryl methyl sites for hydroxylation is 1. The molecule has 0 fully saturated rings. The fraction of sp³-hybridized carbons (Fsp3) is 0.300. The van der Waals surface area contributed by atoms with E-state index in [-0.39, 0.29) is 0 Å². The molecular formula is C10H11BrN2S. The van der Waals surface area contributed by atoms with E-state index in [0.717, 1.165) is 21.6 Å². The Kier molecular flexibility index (Phi) is 2.83. The number of nitrogens with zero attached hydrogens (tertiary/aromatic N) is 2. The van der Waals surface area contributed by atoms with E-state index in [4.69, 9.17) is 0 Å². The zero-order valence-corrected chi connectivity index (χ0v) is 10.5. The summed E-state index contributed by atoms with van der Waals surface area (Å²) in [6.45, 7) is 2.16. The molecule has 0 aliphatic carbocycles. The van der Waals surface area contributed by atoms with Crippen molar-refractivity contribution in [2.45, 2.75) is 18.4 Å². The van der Waals surface area contributed by atoms with Crippen LogP contribution in [-0.4, -0.2) is 15.6 Å². The zero-order valence-electron chi connectivity index (χ0n) is 8.12. The molecule has 0 saturated carbocycles. The van der Waals surface area contributed by atoms with E-state index in [1.54, 1.807) is 11.8 Å². The van der Waals surface area contributed by atoms with Gasteiger partial charge in [-0.2, -0.15) is 0 Å². The summed E-state index contributed by atoms with van der Waals surface area (Å²) in [6.07, 6.45) is 4.97. The number of thioether (sulfide) groups is 1. The number of hydrogen-bond donors (Lipinski definition) is 0. The third-order valence-corrected chi connectivity index (χ3v) is 3.57. The maximum Gasteiger partial charge on any atom is 0.116 e. The van der Waals surface area contributed by atoms with Crippen molar-refractivity contribution in [2.24, 2.45) is 0 Å². The monoisotopic (exact) mass is 270 g/mol. The van der Waals surface area contributed by atoms with Crippen LogP contribution in [0.3, 0.4) is 0 Å². The molecule has 14 heavy (non-hydrogen) atoms. The molecule has 0 spiro atoms. The Bertz CT molecular complexity index is 464. The first-order chi connectivity index (χ1) is 6.77. The molecule has 0 aliphatic rings. The van der Waals surface area contributed by atoms with E-state index in [0.29, 0.717) is 0 Å². The summed E-state index contributed by atoms with van der Waals surface area (Å²) in [4.78, 5) is 4.43. The van der Waals surface area contributed by atoms with Gasteiger partial charge in [0.05, 0.1) is 22.0 Å². The van der Waals surface area contributed by atoms with Crippen molar-refractivity contribution < 1.29 is 0 Å². The molecule has 2 heterocycles. The van der Waals surface area contributed by atoms with Crippen molar-refractivity contribution in [3.8, 4) is 0 Å². The third kappa shape index (κ3) is 1.46. The molecule has 0 amide bonds. The first kappa shape index (κ1) is 10.1. The molecule has 2 aromatic heterocycles. The Labute approximate surface area is 95.9 Å². The average Bonchev–Trinajstić information content (AvgIpc) is 2.59. The van der Waals surface area contributed by atoms with Gasteiger partial charge in [0, 0.05) is 0 Å². The Morgan fingerprint density at radius 2 is 2.29 bits per heavy atom. The molecule has 4 heteroatoms. The minimum Gasteiger partial charge on any atom is -0.304 e. The fourth-order valence-corrected chi connectivity index (χ4v) is 2.77. The van der Waals surface area contributed by atoms with E-state index in [1.165, 1.54) is 5.69 Å². The van der Waals surface area contributed by atoms with E-state index in [1.807, 2.05) is 6.20 Å². The van der Waals surface area contributed by atoms with Crippen molar-refractivity contribution in [1.82, 2.24) is 9.38 Å². The van der Waals surface area contributed by atoms with Crippen LogP contribution >= 0.6 is 27.7 Å². The summed E-state index contributed by atoms with van der Waals surface area (Å²) >= 11 is 5.24. The molecule has 2 aromatic rings. The second-order valence-corrected chi connectivity index (χ2v) is 4.59. The molecular weight excluding hydrogens is 260 g/mol.